The lowest BCUT2D eigenvalue weighted by atomic mass is 10.4. The fourth-order valence-corrected chi connectivity index (χ4v) is 2.32. The first-order valence-electron chi connectivity index (χ1n) is 3.84. The second-order valence-corrected chi connectivity index (χ2v) is 4.15. The summed E-state index contributed by atoms with van der Waals surface area (Å²) in [6.07, 6.45) is 2.71. The Hall–Kier alpha value is -1.00. The van der Waals surface area contributed by atoms with Gasteiger partial charge in [-0.25, -0.2) is 9.97 Å². The second-order valence-electron chi connectivity index (χ2n) is 2.49. The minimum atomic E-state index is 0.842. The molecule has 0 amide bonds. The zero-order valence-electron chi connectivity index (χ0n) is 6.93. The van der Waals surface area contributed by atoms with Gasteiger partial charge in [-0.3, -0.25) is 0 Å². The monoisotopic (exact) mass is 208 g/mol. The number of thiazole rings is 2. The number of nitrogens with zero attached hydrogens (tertiary/aromatic N) is 2. The predicted octanol–water partition coefficient (Wildman–Crippen LogP) is 3.00. The summed E-state index contributed by atoms with van der Waals surface area (Å²) in [5.74, 6) is 0. The van der Waals surface area contributed by atoms with Gasteiger partial charge in [0.25, 0.3) is 0 Å². The highest BCUT2D eigenvalue weighted by molar-refractivity contribution is 7.10. The fourth-order valence-electron chi connectivity index (χ4n) is 0.985. The molecule has 0 aromatic carbocycles. The molecule has 2 aromatic heterocycles. The van der Waals surface area contributed by atoms with Crippen molar-refractivity contribution in [3.05, 3.63) is 33.9 Å². The molecular formula is C9H8N2S2. The number of allylic oxidation sites excluding steroid dienone is 1. The molecule has 13 heavy (non-hydrogen) atoms. The Morgan fingerprint density at radius 3 is 3.00 bits per heavy atom. The predicted molar refractivity (Wildman–Crippen MR) is 57.1 cm³/mol. The smallest absolute Gasteiger partial charge is 0.101 e. The van der Waals surface area contributed by atoms with E-state index in [1.54, 1.807) is 22.7 Å². The molecule has 0 saturated carbocycles. The highest BCUT2D eigenvalue weighted by atomic mass is 32.1. The van der Waals surface area contributed by atoms with E-state index in [1.807, 2.05) is 22.3 Å². The van der Waals surface area contributed by atoms with Gasteiger partial charge in [0.15, 0.2) is 0 Å². The number of hydrogen-bond acceptors (Lipinski definition) is 4. The van der Waals surface area contributed by atoms with Crippen molar-refractivity contribution in [1.82, 2.24) is 9.97 Å². The molecule has 2 aromatic rings. The van der Waals surface area contributed by atoms with Gasteiger partial charge in [-0.1, -0.05) is 6.08 Å². The first-order valence-corrected chi connectivity index (χ1v) is 5.66. The Balaban J connectivity index is 2.28. The molecular weight excluding hydrogens is 200 g/mol. The molecule has 0 radical (unpaired) electrons. The molecule has 0 N–H and O–H groups in total. The van der Waals surface area contributed by atoms with Crippen LogP contribution in [-0.4, -0.2) is 9.97 Å². The van der Waals surface area contributed by atoms with Gasteiger partial charge in [-0.05, 0) is 0 Å². The average Bonchev–Trinajstić information content (AvgIpc) is 2.70. The normalized spacial score (nSPS) is 10.2. The Morgan fingerprint density at radius 1 is 1.38 bits per heavy atom. The van der Waals surface area contributed by atoms with E-state index in [0.29, 0.717) is 0 Å². The zero-order valence-corrected chi connectivity index (χ0v) is 8.57. The lowest BCUT2D eigenvalue weighted by molar-refractivity contribution is 1.18. The van der Waals surface area contributed by atoms with Crippen molar-refractivity contribution in [3.8, 4) is 11.4 Å². The van der Waals surface area contributed by atoms with Crippen LogP contribution < -0.4 is 0 Å². The summed E-state index contributed by atoms with van der Waals surface area (Å²) >= 11 is 3.25. The van der Waals surface area contributed by atoms with Crippen molar-refractivity contribution >= 4 is 22.7 Å². The summed E-state index contributed by atoms with van der Waals surface area (Å²) in [6.45, 7) is 3.68. The van der Waals surface area contributed by atoms with Crippen LogP contribution in [0.2, 0.25) is 0 Å². The molecule has 4 heteroatoms. The topological polar surface area (TPSA) is 25.8 Å². The Kier molecular flexibility index (Phi) is 2.52. The van der Waals surface area contributed by atoms with E-state index in [-0.39, 0.29) is 0 Å². The number of hydrogen-bond donors (Lipinski definition) is 0. The van der Waals surface area contributed by atoms with Gasteiger partial charge in [-0.2, -0.15) is 0 Å². The molecule has 0 fully saturated rings. The van der Waals surface area contributed by atoms with Crippen LogP contribution in [0.3, 0.4) is 0 Å². The zero-order chi connectivity index (χ0) is 9.10. The summed E-state index contributed by atoms with van der Waals surface area (Å²) in [5.41, 5.74) is 3.77. The van der Waals surface area contributed by atoms with Crippen LogP contribution in [0, 0.1) is 0 Å². The van der Waals surface area contributed by atoms with Crippen LogP contribution >= 0.6 is 22.7 Å². The van der Waals surface area contributed by atoms with Crippen molar-refractivity contribution in [2.24, 2.45) is 0 Å². The fraction of sp³-hybridized carbons (Fsp3) is 0.111. The molecule has 66 valence electrons. The van der Waals surface area contributed by atoms with E-state index in [0.717, 1.165) is 22.8 Å². The maximum atomic E-state index is 4.43. The van der Waals surface area contributed by atoms with Crippen molar-refractivity contribution in [2.75, 3.05) is 0 Å². The molecule has 2 nitrogen and oxygen atoms in total. The van der Waals surface area contributed by atoms with Crippen molar-refractivity contribution in [2.45, 2.75) is 6.42 Å². The van der Waals surface area contributed by atoms with E-state index >= 15 is 0 Å². The van der Waals surface area contributed by atoms with Gasteiger partial charge < -0.3 is 0 Å². The highest BCUT2D eigenvalue weighted by Gasteiger charge is 2.04. The summed E-state index contributed by atoms with van der Waals surface area (Å²) in [7, 11) is 0. The molecule has 0 bridgehead atoms. The minimum Gasteiger partial charge on any atom is -0.243 e. The number of rotatable bonds is 3. The van der Waals surface area contributed by atoms with E-state index in [1.165, 1.54) is 0 Å². The lowest BCUT2D eigenvalue weighted by Crippen LogP contribution is -1.80. The number of aromatic nitrogens is 2. The van der Waals surface area contributed by atoms with E-state index < -0.39 is 0 Å². The van der Waals surface area contributed by atoms with Gasteiger partial charge in [0, 0.05) is 17.2 Å². The third-order valence-electron chi connectivity index (χ3n) is 1.57. The van der Waals surface area contributed by atoms with Gasteiger partial charge >= 0.3 is 0 Å². The largest absolute Gasteiger partial charge is 0.243 e. The van der Waals surface area contributed by atoms with Gasteiger partial charge in [0.05, 0.1) is 10.5 Å². The maximum Gasteiger partial charge on any atom is 0.101 e. The molecule has 0 aliphatic heterocycles. The third-order valence-corrected chi connectivity index (χ3v) is 3.02. The first-order chi connectivity index (χ1) is 6.40. The van der Waals surface area contributed by atoms with Gasteiger partial charge in [0.2, 0.25) is 0 Å². The Morgan fingerprint density at radius 2 is 2.31 bits per heavy atom. The van der Waals surface area contributed by atoms with Crippen LogP contribution in [0.4, 0.5) is 0 Å². The van der Waals surface area contributed by atoms with Crippen LogP contribution in [0.1, 0.15) is 5.01 Å². The van der Waals surface area contributed by atoms with Crippen LogP contribution in [-0.2, 0) is 6.42 Å². The van der Waals surface area contributed by atoms with Gasteiger partial charge in [-0.15, -0.1) is 29.3 Å². The van der Waals surface area contributed by atoms with Crippen LogP contribution in [0.25, 0.3) is 11.4 Å². The summed E-state index contributed by atoms with van der Waals surface area (Å²) in [6, 6.07) is 0. The highest BCUT2D eigenvalue weighted by Crippen LogP contribution is 2.21. The molecule has 0 spiro atoms. The van der Waals surface area contributed by atoms with E-state index in [9.17, 15) is 0 Å². The summed E-state index contributed by atoms with van der Waals surface area (Å²) in [4.78, 5) is 8.63. The van der Waals surface area contributed by atoms with Crippen molar-refractivity contribution in [3.63, 3.8) is 0 Å². The molecule has 0 saturated heterocycles. The molecule has 2 rings (SSSR count). The quantitative estimate of drug-likeness (QED) is 0.725. The molecule has 0 unspecified atom stereocenters. The third kappa shape index (κ3) is 1.84. The summed E-state index contributed by atoms with van der Waals surface area (Å²) < 4.78 is 0. The van der Waals surface area contributed by atoms with E-state index in [2.05, 4.69) is 16.5 Å². The molecule has 0 aliphatic carbocycles. The minimum absolute atomic E-state index is 0.842. The van der Waals surface area contributed by atoms with Crippen LogP contribution in [0.15, 0.2) is 28.9 Å². The van der Waals surface area contributed by atoms with Gasteiger partial charge in [0.1, 0.15) is 11.4 Å². The first kappa shape index (κ1) is 8.59. The van der Waals surface area contributed by atoms with Crippen molar-refractivity contribution in [1.29, 1.82) is 0 Å². The molecule has 0 aliphatic rings. The molecule has 0 atom stereocenters. The van der Waals surface area contributed by atoms with Crippen molar-refractivity contribution < 1.29 is 0 Å². The SMILES string of the molecule is C=CCc1nc(-c2cscn2)cs1. The molecule has 2 heterocycles. The van der Waals surface area contributed by atoms with E-state index in [4.69, 9.17) is 0 Å². The average molecular weight is 208 g/mol. The summed E-state index contributed by atoms with van der Waals surface area (Å²) in [5, 5.41) is 5.14. The standard InChI is InChI=1S/C9H8N2S2/c1-2-3-9-11-8(5-13-9)7-4-12-6-10-7/h2,4-6H,1,3H2. The Labute approximate surface area is 84.6 Å². The lowest BCUT2D eigenvalue weighted by Gasteiger charge is -1.86. The maximum absolute atomic E-state index is 4.43. The second kappa shape index (κ2) is 3.81. The van der Waals surface area contributed by atoms with Crippen LogP contribution in [0.5, 0.6) is 0 Å². The Bertz CT molecular complexity index is 389.